The molecule has 120 valence electrons. The lowest BCUT2D eigenvalue weighted by atomic mass is 10.2. The second kappa shape index (κ2) is 7.40. The lowest BCUT2D eigenvalue weighted by Crippen LogP contribution is -2.35. The molecule has 0 saturated carbocycles. The zero-order valence-corrected chi connectivity index (χ0v) is 13.9. The zero-order valence-electron chi connectivity index (χ0n) is 13.9. The number of aryl methyl sites for hydroxylation is 1. The smallest absolute Gasteiger partial charge is 0.245 e. The van der Waals surface area contributed by atoms with E-state index in [1.54, 1.807) is 12.0 Å². The van der Waals surface area contributed by atoms with Crippen molar-refractivity contribution < 1.29 is 9.53 Å². The Morgan fingerprint density at radius 3 is 2.82 bits per heavy atom. The van der Waals surface area contributed by atoms with Crippen LogP contribution < -0.4 is 0 Å². The zero-order chi connectivity index (χ0) is 16.1. The molecule has 0 fully saturated rings. The molecule has 1 heterocycles. The molecule has 5 heteroatoms. The number of amides is 1. The molecule has 0 aliphatic carbocycles. The number of nitrogens with zero attached hydrogens (tertiary/aromatic N) is 3. The Morgan fingerprint density at radius 2 is 2.14 bits per heavy atom. The molecule has 0 N–H and O–H groups in total. The van der Waals surface area contributed by atoms with E-state index in [1.165, 1.54) is 0 Å². The third-order valence-corrected chi connectivity index (χ3v) is 3.89. The lowest BCUT2D eigenvalue weighted by Gasteiger charge is -2.23. The molecule has 1 amide bonds. The third kappa shape index (κ3) is 3.30. The Bertz CT molecular complexity index is 636. The summed E-state index contributed by atoms with van der Waals surface area (Å²) in [7, 11) is 3.46. The molecule has 2 rings (SSSR count). The average molecular weight is 303 g/mol. The van der Waals surface area contributed by atoms with E-state index in [4.69, 9.17) is 9.72 Å². The van der Waals surface area contributed by atoms with Gasteiger partial charge in [-0.25, -0.2) is 4.98 Å². The number of hydrogen-bond acceptors (Lipinski definition) is 3. The molecule has 0 saturated heterocycles. The van der Waals surface area contributed by atoms with Gasteiger partial charge >= 0.3 is 0 Å². The maximum atomic E-state index is 12.7. The number of methoxy groups -OCH3 is 1. The molecule has 0 radical (unpaired) electrons. The standard InChI is InChI=1S/C17H25N3O2/c1-5-8-16-18-14-9-6-7-10-15(14)20(16)13(2)17(21)19(3)11-12-22-4/h6-7,9-10,13H,5,8,11-12H2,1-4H3/t13-/m0/s1. The number of hydrogen-bond donors (Lipinski definition) is 0. The fourth-order valence-electron chi connectivity index (χ4n) is 2.69. The van der Waals surface area contributed by atoms with Gasteiger partial charge in [0.1, 0.15) is 11.9 Å². The summed E-state index contributed by atoms with van der Waals surface area (Å²) < 4.78 is 7.13. The highest BCUT2D eigenvalue weighted by Gasteiger charge is 2.23. The number of carbonyl (C=O) groups excluding carboxylic acids is 1. The van der Waals surface area contributed by atoms with Gasteiger partial charge in [-0.3, -0.25) is 4.79 Å². The van der Waals surface area contributed by atoms with Gasteiger partial charge in [-0.05, 0) is 25.5 Å². The predicted molar refractivity (Wildman–Crippen MR) is 88.0 cm³/mol. The van der Waals surface area contributed by atoms with E-state index < -0.39 is 0 Å². The van der Waals surface area contributed by atoms with Gasteiger partial charge in [0, 0.05) is 27.1 Å². The molecule has 5 nitrogen and oxygen atoms in total. The number of carbonyl (C=O) groups is 1. The van der Waals surface area contributed by atoms with Gasteiger partial charge in [0.05, 0.1) is 17.6 Å². The van der Waals surface area contributed by atoms with Crippen LogP contribution in [0.5, 0.6) is 0 Å². The monoisotopic (exact) mass is 303 g/mol. The SMILES string of the molecule is CCCc1nc2ccccc2n1[C@@H](C)C(=O)N(C)CCOC. The third-order valence-electron chi connectivity index (χ3n) is 3.89. The van der Waals surface area contributed by atoms with Crippen molar-refractivity contribution in [3.8, 4) is 0 Å². The van der Waals surface area contributed by atoms with Gasteiger partial charge in [-0.1, -0.05) is 19.1 Å². The summed E-state index contributed by atoms with van der Waals surface area (Å²) in [5, 5.41) is 0. The Labute approximate surface area is 131 Å². The summed E-state index contributed by atoms with van der Waals surface area (Å²) in [6.07, 6.45) is 1.87. The number of likely N-dealkylation sites (N-methyl/N-ethyl adjacent to an activating group) is 1. The van der Waals surface area contributed by atoms with Crippen LogP contribution >= 0.6 is 0 Å². The van der Waals surface area contributed by atoms with Gasteiger partial charge in [0.2, 0.25) is 5.91 Å². The summed E-state index contributed by atoms with van der Waals surface area (Å²) in [6, 6.07) is 7.72. The molecule has 0 bridgehead atoms. The van der Waals surface area contributed by atoms with Crippen LogP contribution in [0.15, 0.2) is 24.3 Å². The summed E-state index contributed by atoms with van der Waals surface area (Å²) in [5.74, 6) is 1.06. The molecule has 1 atom stereocenters. The second-order valence-electron chi connectivity index (χ2n) is 5.57. The highest BCUT2D eigenvalue weighted by molar-refractivity contribution is 5.84. The number of aromatic nitrogens is 2. The van der Waals surface area contributed by atoms with Crippen LogP contribution in [0.3, 0.4) is 0 Å². The molecular weight excluding hydrogens is 278 g/mol. The van der Waals surface area contributed by atoms with Crippen LogP contribution in [0.2, 0.25) is 0 Å². The van der Waals surface area contributed by atoms with Gasteiger partial charge < -0.3 is 14.2 Å². The maximum absolute atomic E-state index is 12.7. The Balaban J connectivity index is 2.35. The molecule has 0 aliphatic rings. The van der Waals surface area contributed by atoms with Crippen LogP contribution in [0, 0.1) is 0 Å². The van der Waals surface area contributed by atoms with E-state index in [1.807, 2.05) is 38.2 Å². The number of benzene rings is 1. The minimum absolute atomic E-state index is 0.0811. The quantitative estimate of drug-likeness (QED) is 0.790. The minimum atomic E-state index is -0.268. The first-order valence-electron chi connectivity index (χ1n) is 7.79. The van der Waals surface area contributed by atoms with E-state index in [0.717, 1.165) is 29.7 Å². The van der Waals surface area contributed by atoms with Crippen molar-refractivity contribution in [3.05, 3.63) is 30.1 Å². The Hall–Kier alpha value is -1.88. The fraction of sp³-hybridized carbons (Fsp3) is 0.529. The second-order valence-corrected chi connectivity index (χ2v) is 5.57. The van der Waals surface area contributed by atoms with Crippen molar-refractivity contribution in [1.82, 2.24) is 14.5 Å². The molecule has 2 aromatic rings. The van der Waals surface area contributed by atoms with Gasteiger partial charge in [-0.2, -0.15) is 0 Å². The van der Waals surface area contributed by atoms with Gasteiger partial charge in [0.15, 0.2) is 0 Å². The molecule has 22 heavy (non-hydrogen) atoms. The molecule has 0 unspecified atom stereocenters. The van der Waals surface area contributed by atoms with Crippen molar-refractivity contribution in [2.24, 2.45) is 0 Å². The average Bonchev–Trinajstić information content (AvgIpc) is 2.89. The number of rotatable bonds is 7. The van der Waals surface area contributed by atoms with Gasteiger partial charge in [-0.15, -0.1) is 0 Å². The Kier molecular flexibility index (Phi) is 5.55. The van der Waals surface area contributed by atoms with Crippen LogP contribution in [0.1, 0.15) is 32.1 Å². The van der Waals surface area contributed by atoms with Crippen LogP contribution in [-0.2, 0) is 16.0 Å². The summed E-state index contributed by atoms with van der Waals surface area (Å²) in [5.41, 5.74) is 1.97. The lowest BCUT2D eigenvalue weighted by molar-refractivity contribution is -0.133. The van der Waals surface area contributed by atoms with Crippen molar-refractivity contribution in [2.45, 2.75) is 32.7 Å². The predicted octanol–water partition coefficient (Wildman–Crippen LogP) is 2.65. The maximum Gasteiger partial charge on any atom is 0.245 e. The minimum Gasteiger partial charge on any atom is -0.383 e. The largest absolute Gasteiger partial charge is 0.383 e. The molecule has 1 aromatic carbocycles. The first kappa shape index (κ1) is 16.5. The molecule has 0 aliphatic heterocycles. The molecular formula is C17H25N3O2. The van der Waals surface area contributed by atoms with Crippen molar-refractivity contribution in [2.75, 3.05) is 27.3 Å². The summed E-state index contributed by atoms with van der Waals surface area (Å²) in [4.78, 5) is 19.1. The van der Waals surface area contributed by atoms with Crippen molar-refractivity contribution >= 4 is 16.9 Å². The number of ether oxygens (including phenoxy) is 1. The van der Waals surface area contributed by atoms with Crippen LogP contribution in [-0.4, -0.2) is 47.7 Å². The Morgan fingerprint density at radius 1 is 1.41 bits per heavy atom. The van der Waals surface area contributed by atoms with Crippen LogP contribution in [0.25, 0.3) is 11.0 Å². The van der Waals surface area contributed by atoms with E-state index in [2.05, 4.69) is 11.5 Å². The van der Waals surface area contributed by atoms with E-state index in [9.17, 15) is 4.79 Å². The first-order chi connectivity index (χ1) is 10.6. The number of imidazole rings is 1. The van der Waals surface area contributed by atoms with E-state index in [-0.39, 0.29) is 11.9 Å². The molecule has 1 aromatic heterocycles. The van der Waals surface area contributed by atoms with Gasteiger partial charge in [0.25, 0.3) is 0 Å². The number of fused-ring (bicyclic) bond motifs is 1. The van der Waals surface area contributed by atoms with Crippen molar-refractivity contribution in [1.29, 1.82) is 0 Å². The van der Waals surface area contributed by atoms with Crippen molar-refractivity contribution in [3.63, 3.8) is 0 Å². The van der Waals surface area contributed by atoms with E-state index >= 15 is 0 Å². The topological polar surface area (TPSA) is 47.4 Å². The van der Waals surface area contributed by atoms with Crippen LogP contribution in [0.4, 0.5) is 0 Å². The summed E-state index contributed by atoms with van der Waals surface area (Å²) in [6.45, 7) is 5.21. The fourth-order valence-corrected chi connectivity index (χ4v) is 2.69. The molecule has 0 spiro atoms. The van der Waals surface area contributed by atoms with E-state index in [0.29, 0.717) is 13.2 Å². The normalized spacial score (nSPS) is 12.5. The highest BCUT2D eigenvalue weighted by atomic mass is 16.5. The number of para-hydroxylation sites is 2. The summed E-state index contributed by atoms with van der Waals surface area (Å²) >= 11 is 0. The highest BCUT2D eigenvalue weighted by Crippen LogP contribution is 2.23. The first-order valence-corrected chi connectivity index (χ1v) is 7.79.